The molecular weight excluding hydrogens is 220 g/mol. The fourth-order valence-electron chi connectivity index (χ4n) is 0.861. The van der Waals surface area contributed by atoms with Gasteiger partial charge in [0.1, 0.15) is 11.4 Å². The van der Waals surface area contributed by atoms with Gasteiger partial charge >= 0.3 is 11.9 Å². The fourth-order valence-corrected chi connectivity index (χ4v) is 0.861. The van der Waals surface area contributed by atoms with Gasteiger partial charge in [-0.05, 0) is 6.07 Å². The largest absolute Gasteiger partial charge is 0.477 e. The highest BCUT2D eigenvalue weighted by molar-refractivity contribution is 5.85. The first-order chi connectivity index (χ1) is 6.88. The monoisotopic (exact) mass is 226 g/mol. The molecule has 0 radical (unpaired) electrons. The second-order valence-electron chi connectivity index (χ2n) is 2.77. The summed E-state index contributed by atoms with van der Waals surface area (Å²) in [7, 11) is 0. The van der Waals surface area contributed by atoms with E-state index in [-0.39, 0.29) is 0 Å². The van der Waals surface area contributed by atoms with E-state index in [1.807, 2.05) is 5.10 Å². The van der Waals surface area contributed by atoms with E-state index in [1.54, 1.807) is 0 Å². The van der Waals surface area contributed by atoms with Gasteiger partial charge in [-0.2, -0.15) is 13.9 Å². The lowest BCUT2D eigenvalue weighted by molar-refractivity contribution is -0.0911. The van der Waals surface area contributed by atoms with Crippen molar-refractivity contribution in [2.24, 2.45) is 0 Å². The van der Waals surface area contributed by atoms with Gasteiger partial charge < -0.3 is 5.11 Å². The summed E-state index contributed by atoms with van der Waals surface area (Å²) in [5.41, 5.74) is -1.38. The van der Waals surface area contributed by atoms with Crippen LogP contribution in [0.1, 0.15) is 22.4 Å². The van der Waals surface area contributed by atoms with Crippen molar-refractivity contribution in [1.29, 1.82) is 0 Å². The first-order valence-electron chi connectivity index (χ1n) is 3.75. The van der Waals surface area contributed by atoms with Crippen LogP contribution < -0.4 is 0 Å². The summed E-state index contributed by atoms with van der Waals surface area (Å²) >= 11 is 0. The zero-order chi connectivity index (χ0) is 11.6. The Kier molecular flexibility index (Phi) is 2.96. The van der Waals surface area contributed by atoms with Crippen LogP contribution in [0.2, 0.25) is 0 Å². The standard InChI is InChI=1S/C7H6F4N2O2/c8-2-7(10,11)5(9)3-1-4(6(14)15)13-12-3/h1,5H,2H2,(H,12,13)(H,14,15). The molecule has 0 amide bonds. The molecule has 0 spiro atoms. The number of aromatic nitrogens is 2. The summed E-state index contributed by atoms with van der Waals surface area (Å²) in [6, 6.07) is 0.594. The van der Waals surface area contributed by atoms with Crippen LogP contribution in [-0.4, -0.2) is 33.9 Å². The maximum atomic E-state index is 12.9. The number of H-pyrrole nitrogens is 1. The molecule has 1 unspecified atom stereocenters. The molecule has 0 aliphatic carbocycles. The van der Waals surface area contributed by atoms with Crippen molar-refractivity contribution in [3.05, 3.63) is 17.5 Å². The fraction of sp³-hybridized carbons (Fsp3) is 0.429. The molecule has 8 heteroatoms. The quantitative estimate of drug-likeness (QED) is 0.768. The summed E-state index contributed by atoms with van der Waals surface area (Å²) in [6.07, 6.45) is -2.97. The number of aromatic amines is 1. The summed E-state index contributed by atoms with van der Waals surface area (Å²) in [5.74, 6) is -5.67. The molecule has 1 heterocycles. The van der Waals surface area contributed by atoms with E-state index in [0.717, 1.165) is 0 Å². The van der Waals surface area contributed by atoms with E-state index in [2.05, 4.69) is 5.10 Å². The van der Waals surface area contributed by atoms with Gasteiger partial charge in [0.05, 0.1) is 0 Å². The van der Waals surface area contributed by atoms with Crippen LogP contribution in [0.25, 0.3) is 0 Å². The van der Waals surface area contributed by atoms with Crippen LogP contribution in [-0.2, 0) is 0 Å². The third kappa shape index (κ3) is 2.25. The molecule has 0 aromatic carbocycles. The second kappa shape index (κ2) is 3.87. The van der Waals surface area contributed by atoms with Gasteiger partial charge in [0, 0.05) is 0 Å². The highest BCUT2D eigenvalue weighted by Crippen LogP contribution is 2.34. The number of carbonyl (C=O) groups is 1. The predicted octanol–water partition coefficient (Wildman–Crippen LogP) is 1.72. The Bertz CT molecular complexity index is 366. The van der Waals surface area contributed by atoms with Crippen LogP contribution >= 0.6 is 0 Å². The average molecular weight is 226 g/mol. The Morgan fingerprint density at radius 2 is 2.27 bits per heavy atom. The Morgan fingerprint density at radius 3 is 2.67 bits per heavy atom. The third-order valence-electron chi connectivity index (χ3n) is 1.64. The third-order valence-corrected chi connectivity index (χ3v) is 1.64. The molecule has 1 aromatic rings. The number of nitrogens with zero attached hydrogens (tertiary/aromatic N) is 1. The van der Waals surface area contributed by atoms with Crippen molar-refractivity contribution in [2.75, 3.05) is 6.67 Å². The normalized spacial score (nSPS) is 13.9. The number of rotatable bonds is 4. The van der Waals surface area contributed by atoms with Crippen molar-refractivity contribution in [3.8, 4) is 0 Å². The van der Waals surface area contributed by atoms with E-state index < -0.39 is 36.1 Å². The molecule has 2 N–H and O–H groups in total. The molecule has 1 rings (SSSR count). The van der Waals surface area contributed by atoms with E-state index in [4.69, 9.17) is 5.11 Å². The van der Waals surface area contributed by atoms with Gasteiger partial charge in [0.2, 0.25) is 6.17 Å². The Balaban J connectivity index is 2.92. The summed E-state index contributed by atoms with van der Waals surface area (Å²) in [5, 5.41) is 13.2. The lowest BCUT2D eigenvalue weighted by Crippen LogP contribution is -2.26. The molecule has 1 aromatic heterocycles. The SMILES string of the molecule is O=C(O)c1cc(C(F)C(F)(F)CF)n[nH]1. The number of halogens is 4. The van der Waals surface area contributed by atoms with E-state index in [1.165, 1.54) is 0 Å². The summed E-state index contributed by atoms with van der Waals surface area (Å²) in [4.78, 5) is 10.3. The molecule has 4 nitrogen and oxygen atoms in total. The molecular formula is C7H6F4N2O2. The zero-order valence-corrected chi connectivity index (χ0v) is 7.18. The van der Waals surface area contributed by atoms with E-state index in [0.29, 0.717) is 6.07 Å². The van der Waals surface area contributed by atoms with Crippen LogP contribution in [0.15, 0.2) is 6.07 Å². The van der Waals surface area contributed by atoms with Crippen LogP contribution in [0.5, 0.6) is 0 Å². The van der Waals surface area contributed by atoms with Crippen LogP contribution in [0.4, 0.5) is 17.6 Å². The lowest BCUT2D eigenvalue weighted by atomic mass is 10.1. The highest BCUT2D eigenvalue weighted by Gasteiger charge is 2.43. The van der Waals surface area contributed by atoms with Gasteiger partial charge in [-0.1, -0.05) is 0 Å². The Labute approximate surface area is 80.9 Å². The van der Waals surface area contributed by atoms with Crippen molar-refractivity contribution in [2.45, 2.75) is 12.1 Å². The topological polar surface area (TPSA) is 66.0 Å². The lowest BCUT2D eigenvalue weighted by Gasteiger charge is -2.14. The van der Waals surface area contributed by atoms with E-state index in [9.17, 15) is 22.4 Å². The smallest absolute Gasteiger partial charge is 0.353 e. The molecule has 15 heavy (non-hydrogen) atoms. The number of nitrogens with one attached hydrogen (secondary N) is 1. The summed E-state index contributed by atoms with van der Waals surface area (Å²) in [6.45, 7) is -2.18. The summed E-state index contributed by atoms with van der Waals surface area (Å²) < 4.78 is 49.6. The first kappa shape index (κ1) is 11.5. The van der Waals surface area contributed by atoms with Crippen molar-refractivity contribution >= 4 is 5.97 Å². The number of carboxylic acid groups (broad SMARTS) is 1. The minimum atomic E-state index is -4.20. The number of aromatic carboxylic acids is 1. The number of alkyl halides is 4. The molecule has 0 bridgehead atoms. The minimum Gasteiger partial charge on any atom is -0.477 e. The minimum absolute atomic E-state index is 0.540. The van der Waals surface area contributed by atoms with Crippen LogP contribution in [0, 0.1) is 0 Å². The van der Waals surface area contributed by atoms with Gasteiger partial charge in [0.25, 0.3) is 0 Å². The van der Waals surface area contributed by atoms with Gasteiger partial charge in [-0.25, -0.2) is 13.6 Å². The first-order valence-corrected chi connectivity index (χ1v) is 3.75. The molecule has 1 atom stereocenters. The number of hydrogen-bond acceptors (Lipinski definition) is 2. The molecule has 0 fully saturated rings. The Hall–Kier alpha value is -1.60. The van der Waals surface area contributed by atoms with Gasteiger partial charge in [-0.3, -0.25) is 5.10 Å². The van der Waals surface area contributed by atoms with Crippen molar-refractivity contribution in [1.82, 2.24) is 10.2 Å². The van der Waals surface area contributed by atoms with Crippen molar-refractivity contribution < 1.29 is 27.5 Å². The average Bonchev–Trinajstić information content (AvgIpc) is 2.65. The molecule has 0 aliphatic rings. The predicted molar refractivity (Wildman–Crippen MR) is 40.3 cm³/mol. The highest BCUT2D eigenvalue weighted by atomic mass is 19.3. The van der Waals surface area contributed by atoms with E-state index >= 15 is 0 Å². The zero-order valence-electron chi connectivity index (χ0n) is 7.18. The molecule has 0 saturated carbocycles. The van der Waals surface area contributed by atoms with Gasteiger partial charge in [-0.15, -0.1) is 0 Å². The molecule has 0 saturated heterocycles. The maximum absolute atomic E-state index is 12.9. The molecule has 84 valence electrons. The van der Waals surface area contributed by atoms with Crippen molar-refractivity contribution in [3.63, 3.8) is 0 Å². The maximum Gasteiger partial charge on any atom is 0.353 e. The number of hydrogen-bond donors (Lipinski definition) is 2. The van der Waals surface area contributed by atoms with Crippen LogP contribution in [0.3, 0.4) is 0 Å². The van der Waals surface area contributed by atoms with Gasteiger partial charge in [0.15, 0.2) is 6.67 Å². The second-order valence-corrected chi connectivity index (χ2v) is 2.77. The number of carboxylic acids is 1. The molecule has 0 aliphatic heterocycles. The Morgan fingerprint density at radius 1 is 1.67 bits per heavy atom.